The summed E-state index contributed by atoms with van der Waals surface area (Å²) in [6, 6.07) is 15.1. The molecule has 138 valence electrons. The first-order valence-corrected chi connectivity index (χ1v) is 8.99. The fraction of sp³-hybridized carbons (Fsp3) is 0.250. The van der Waals surface area contributed by atoms with Crippen molar-refractivity contribution in [2.24, 2.45) is 0 Å². The van der Waals surface area contributed by atoms with E-state index >= 15 is 0 Å². The Labute approximate surface area is 161 Å². The number of aromatic nitrogens is 2. The maximum Gasteiger partial charge on any atom is 0.257 e. The fourth-order valence-electron chi connectivity index (χ4n) is 3.63. The molecule has 1 aliphatic heterocycles. The minimum Gasteiger partial charge on any atom is -0.496 e. The molecule has 1 fully saturated rings. The Balaban J connectivity index is 1.67. The number of benzene rings is 2. The van der Waals surface area contributed by atoms with Crippen LogP contribution in [0.15, 0.2) is 59.4 Å². The van der Waals surface area contributed by atoms with Crippen LogP contribution in [0.1, 0.15) is 33.6 Å². The number of ether oxygens (including phenoxy) is 1. The number of carbonyl (C=O) groups excluding carboxylic acids is 1. The van der Waals surface area contributed by atoms with Crippen LogP contribution in [-0.4, -0.2) is 41.1 Å². The van der Waals surface area contributed by atoms with E-state index in [4.69, 9.17) is 20.9 Å². The lowest BCUT2D eigenvalue weighted by Crippen LogP contribution is -2.29. The van der Waals surface area contributed by atoms with Gasteiger partial charge in [0.1, 0.15) is 5.75 Å². The molecule has 2 heterocycles. The Bertz CT molecular complexity index is 931. The van der Waals surface area contributed by atoms with Crippen molar-refractivity contribution in [2.75, 3.05) is 20.2 Å². The zero-order valence-electron chi connectivity index (χ0n) is 14.7. The van der Waals surface area contributed by atoms with Gasteiger partial charge >= 0.3 is 0 Å². The zero-order valence-corrected chi connectivity index (χ0v) is 15.5. The van der Waals surface area contributed by atoms with Gasteiger partial charge in [-0.1, -0.05) is 47.1 Å². The van der Waals surface area contributed by atoms with Crippen LogP contribution in [-0.2, 0) is 0 Å². The van der Waals surface area contributed by atoms with Crippen molar-refractivity contribution in [2.45, 2.75) is 11.8 Å². The maximum atomic E-state index is 13.2. The van der Waals surface area contributed by atoms with E-state index in [1.54, 1.807) is 30.2 Å². The Morgan fingerprint density at radius 1 is 1.19 bits per heavy atom. The van der Waals surface area contributed by atoms with Gasteiger partial charge in [-0.15, -0.1) is 0 Å². The smallest absolute Gasteiger partial charge is 0.257 e. The third-order valence-corrected chi connectivity index (χ3v) is 5.17. The molecule has 2 aromatic carbocycles. The van der Waals surface area contributed by atoms with E-state index < -0.39 is 0 Å². The Morgan fingerprint density at radius 2 is 1.96 bits per heavy atom. The van der Waals surface area contributed by atoms with Crippen LogP contribution in [0.3, 0.4) is 0 Å². The van der Waals surface area contributed by atoms with Crippen LogP contribution in [0.2, 0.25) is 5.02 Å². The summed E-state index contributed by atoms with van der Waals surface area (Å²) in [5.41, 5.74) is 1.59. The first-order valence-electron chi connectivity index (χ1n) is 8.61. The molecule has 2 atom stereocenters. The largest absolute Gasteiger partial charge is 0.496 e. The highest BCUT2D eigenvalue weighted by molar-refractivity contribution is 6.31. The van der Waals surface area contributed by atoms with Crippen molar-refractivity contribution in [3.63, 3.8) is 0 Å². The summed E-state index contributed by atoms with van der Waals surface area (Å²) in [6.45, 7) is 1.05. The predicted octanol–water partition coefficient (Wildman–Crippen LogP) is 3.76. The van der Waals surface area contributed by atoms with E-state index in [2.05, 4.69) is 22.3 Å². The SMILES string of the molecule is COc1ccc(Cl)cc1C(=O)N1C[C@@H](c2ccccc2)[C@H](c2ncon2)C1. The molecule has 0 bridgehead atoms. The monoisotopic (exact) mass is 383 g/mol. The van der Waals surface area contributed by atoms with Crippen LogP contribution in [0.25, 0.3) is 0 Å². The first kappa shape index (κ1) is 17.5. The Hall–Kier alpha value is -2.86. The van der Waals surface area contributed by atoms with Crippen LogP contribution in [0.4, 0.5) is 0 Å². The minimum absolute atomic E-state index is 0.0414. The summed E-state index contributed by atoms with van der Waals surface area (Å²) in [6.07, 6.45) is 1.32. The summed E-state index contributed by atoms with van der Waals surface area (Å²) >= 11 is 6.10. The van der Waals surface area contributed by atoms with Crippen molar-refractivity contribution in [1.82, 2.24) is 15.0 Å². The molecule has 1 saturated heterocycles. The molecular formula is C20H18ClN3O3. The van der Waals surface area contributed by atoms with Gasteiger partial charge in [-0.2, -0.15) is 4.98 Å². The summed E-state index contributed by atoms with van der Waals surface area (Å²) in [5.74, 6) is 1.03. The van der Waals surface area contributed by atoms with E-state index in [0.29, 0.717) is 35.2 Å². The van der Waals surface area contributed by atoms with Crippen molar-refractivity contribution in [1.29, 1.82) is 0 Å². The van der Waals surface area contributed by atoms with Gasteiger partial charge in [-0.05, 0) is 23.8 Å². The van der Waals surface area contributed by atoms with E-state index in [-0.39, 0.29) is 17.7 Å². The van der Waals surface area contributed by atoms with Gasteiger partial charge in [0.05, 0.1) is 12.7 Å². The van der Waals surface area contributed by atoms with Crippen molar-refractivity contribution < 1.29 is 14.1 Å². The molecule has 27 heavy (non-hydrogen) atoms. The van der Waals surface area contributed by atoms with Gasteiger partial charge < -0.3 is 14.2 Å². The van der Waals surface area contributed by atoms with Crippen LogP contribution >= 0.6 is 11.6 Å². The van der Waals surface area contributed by atoms with Crippen molar-refractivity contribution in [3.8, 4) is 5.75 Å². The van der Waals surface area contributed by atoms with Crippen molar-refractivity contribution in [3.05, 3.63) is 76.9 Å². The van der Waals surface area contributed by atoms with Gasteiger partial charge in [0.25, 0.3) is 5.91 Å². The molecule has 1 aromatic heterocycles. The fourth-order valence-corrected chi connectivity index (χ4v) is 3.80. The molecule has 4 rings (SSSR count). The highest BCUT2D eigenvalue weighted by Crippen LogP contribution is 2.39. The molecule has 1 aliphatic rings. The number of rotatable bonds is 4. The topological polar surface area (TPSA) is 68.5 Å². The second-order valence-electron chi connectivity index (χ2n) is 6.47. The van der Waals surface area contributed by atoms with E-state index in [0.717, 1.165) is 5.56 Å². The lowest BCUT2D eigenvalue weighted by molar-refractivity contribution is 0.0785. The molecule has 0 spiro atoms. The van der Waals surface area contributed by atoms with Crippen LogP contribution in [0, 0.1) is 0 Å². The zero-order chi connectivity index (χ0) is 18.8. The van der Waals surface area contributed by atoms with E-state index in [1.165, 1.54) is 6.39 Å². The normalized spacial score (nSPS) is 19.3. The van der Waals surface area contributed by atoms with Gasteiger partial charge in [-0.25, -0.2) is 0 Å². The van der Waals surface area contributed by atoms with Gasteiger partial charge in [0.15, 0.2) is 5.82 Å². The maximum absolute atomic E-state index is 13.2. The average molecular weight is 384 g/mol. The molecule has 1 amide bonds. The number of hydrogen-bond acceptors (Lipinski definition) is 5. The average Bonchev–Trinajstić information content (AvgIpc) is 3.37. The quantitative estimate of drug-likeness (QED) is 0.686. The molecule has 0 saturated carbocycles. The number of halogens is 1. The summed E-state index contributed by atoms with van der Waals surface area (Å²) in [5, 5.41) is 4.51. The number of carbonyl (C=O) groups is 1. The number of hydrogen-bond donors (Lipinski definition) is 0. The van der Waals surface area contributed by atoms with Gasteiger partial charge in [0, 0.05) is 29.9 Å². The molecule has 0 N–H and O–H groups in total. The minimum atomic E-state index is -0.124. The molecule has 0 radical (unpaired) electrons. The molecular weight excluding hydrogens is 366 g/mol. The highest BCUT2D eigenvalue weighted by Gasteiger charge is 2.40. The molecule has 0 unspecified atom stereocenters. The van der Waals surface area contributed by atoms with Crippen molar-refractivity contribution >= 4 is 17.5 Å². The third kappa shape index (κ3) is 3.40. The Morgan fingerprint density at radius 3 is 2.67 bits per heavy atom. The second kappa shape index (κ2) is 7.40. The van der Waals surface area contributed by atoms with Crippen LogP contribution in [0.5, 0.6) is 5.75 Å². The molecule has 7 heteroatoms. The predicted molar refractivity (Wildman–Crippen MR) is 100 cm³/mol. The molecule has 3 aromatic rings. The summed E-state index contributed by atoms with van der Waals surface area (Å²) < 4.78 is 10.3. The lowest BCUT2D eigenvalue weighted by atomic mass is 9.88. The second-order valence-corrected chi connectivity index (χ2v) is 6.90. The number of likely N-dealkylation sites (tertiary alicyclic amines) is 1. The number of nitrogens with zero attached hydrogens (tertiary/aromatic N) is 3. The molecule has 6 nitrogen and oxygen atoms in total. The number of methoxy groups -OCH3 is 1. The van der Waals surface area contributed by atoms with E-state index in [9.17, 15) is 4.79 Å². The first-order chi connectivity index (χ1) is 13.2. The standard InChI is InChI=1S/C20H18ClN3O3/c1-26-18-8-7-14(21)9-15(18)20(25)24-10-16(13-5-3-2-4-6-13)17(11-24)19-22-12-27-23-19/h2-9,12,16-17H,10-11H2,1H3/t16-,17+/m0/s1. The molecule has 0 aliphatic carbocycles. The van der Waals surface area contributed by atoms with Gasteiger partial charge in [-0.3, -0.25) is 4.79 Å². The Kier molecular flexibility index (Phi) is 4.81. The van der Waals surface area contributed by atoms with Gasteiger partial charge in [0.2, 0.25) is 6.39 Å². The van der Waals surface area contributed by atoms with Crippen LogP contribution < -0.4 is 4.74 Å². The highest BCUT2D eigenvalue weighted by atomic mass is 35.5. The lowest BCUT2D eigenvalue weighted by Gasteiger charge is -2.18. The summed E-state index contributed by atoms with van der Waals surface area (Å²) in [4.78, 5) is 19.2. The third-order valence-electron chi connectivity index (χ3n) is 4.94. The summed E-state index contributed by atoms with van der Waals surface area (Å²) in [7, 11) is 1.54. The van der Waals surface area contributed by atoms with E-state index in [1.807, 2.05) is 18.2 Å². The number of amides is 1.